The lowest BCUT2D eigenvalue weighted by atomic mass is 10.2. The fraction of sp³-hybridized carbons (Fsp3) is 0.357. The second-order valence-corrected chi connectivity index (χ2v) is 6.00. The molecule has 140 valence electrons. The van der Waals surface area contributed by atoms with Crippen LogP contribution in [0, 0.1) is 17.0 Å². The molecule has 0 aromatic carbocycles. The first kappa shape index (κ1) is 19.6. The van der Waals surface area contributed by atoms with Crippen molar-refractivity contribution in [3.05, 3.63) is 43.5 Å². The van der Waals surface area contributed by atoms with E-state index in [2.05, 4.69) is 20.0 Å². The quantitative estimate of drug-likeness (QED) is 0.458. The standard InChI is InChI=1S/C14H13F3N4O4S/c1-7-5-8(13(22)25-2)11(21(23)24)12(19-7)18-4-3-10-20-9(6-26-10)14(15,16)17/h5-6H,3-4H2,1-2H3,(H,18,19). The molecule has 2 aromatic heterocycles. The van der Waals surface area contributed by atoms with Crippen molar-refractivity contribution < 1.29 is 27.6 Å². The molecule has 0 fully saturated rings. The zero-order chi connectivity index (χ0) is 19.5. The van der Waals surface area contributed by atoms with Gasteiger partial charge in [-0.05, 0) is 13.0 Å². The summed E-state index contributed by atoms with van der Waals surface area (Å²) in [6, 6.07) is 1.23. The van der Waals surface area contributed by atoms with Crippen molar-refractivity contribution in [1.82, 2.24) is 9.97 Å². The lowest BCUT2D eigenvalue weighted by molar-refractivity contribution is -0.384. The van der Waals surface area contributed by atoms with Gasteiger partial charge < -0.3 is 10.1 Å². The van der Waals surface area contributed by atoms with Gasteiger partial charge in [0.25, 0.3) is 0 Å². The Morgan fingerprint density at radius 2 is 2.12 bits per heavy atom. The highest BCUT2D eigenvalue weighted by molar-refractivity contribution is 7.09. The largest absolute Gasteiger partial charge is 0.465 e. The first-order valence-corrected chi connectivity index (χ1v) is 8.01. The van der Waals surface area contributed by atoms with Crippen LogP contribution in [0.3, 0.4) is 0 Å². The van der Waals surface area contributed by atoms with Gasteiger partial charge in [-0.25, -0.2) is 14.8 Å². The Kier molecular flexibility index (Phi) is 5.75. The number of esters is 1. The molecule has 12 heteroatoms. The molecule has 0 spiro atoms. The molecule has 0 unspecified atom stereocenters. The van der Waals surface area contributed by atoms with Gasteiger partial charge in [0.2, 0.25) is 5.82 Å². The van der Waals surface area contributed by atoms with Crippen LogP contribution in [-0.4, -0.2) is 34.5 Å². The van der Waals surface area contributed by atoms with E-state index in [1.165, 1.54) is 13.0 Å². The number of nitrogens with zero attached hydrogens (tertiary/aromatic N) is 3. The van der Waals surface area contributed by atoms with Gasteiger partial charge in [-0.15, -0.1) is 11.3 Å². The minimum Gasteiger partial charge on any atom is -0.465 e. The number of anilines is 1. The molecule has 2 aromatic rings. The Labute approximate surface area is 149 Å². The third kappa shape index (κ3) is 4.45. The average molecular weight is 390 g/mol. The number of aryl methyl sites for hydroxylation is 1. The molecule has 0 aliphatic carbocycles. The minimum absolute atomic E-state index is 0.0444. The summed E-state index contributed by atoms with van der Waals surface area (Å²) in [4.78, 5) is 29.7. The van der Waals surface area contributed by atoms with Crippen LogP contribution in [0.15, 0.2) is 11.4 Å². The van der Waals surface area contributed by atoms with Crippen LogP contribution >= 0.6 is 11.3 Å². The number of halogens is 3. The Morgan fingerprint density at radius 3 is 2.65 bits per heavy atom. The molecule has 0 atom stereocenters. The molecule has 2 heterocycles. The molecular formula is C14H13F3N4O4S. The molecule has 0 amide bonds. The van der Waals surface area contributed by atoms with Crippen molar-refractivity contribution in [2.45, 2.75) is 19.5 Å². The van der Waals surface area contributed by atoms with E-state index in [4.69, 9.17) is 0 Å². The van der Waals surface area contributed by atoms with Gasteiger partial charge in [0.15, 0.2) is 5.69 Å². The number of hydrogen-bond acceptors (Lipinski definition) is 8. The second-order valence-electron chi connectivity index (χ2n) is 5.06. The van der Waals surface area contributed by atoms with Gasteiger partial charge in [-0.1, -0.05) is 0 Å². The van der Waals surface area contributed by atoms with Crippen LogP contribution < -0.4 is 5.32 Å². The predicted molar refractivity (Wildman–Crippen MR) is 86.3 cm³/mol. The molecule has 0 aliphatic heterocycles. The van der Waals surface area contributed by atoms with E-state index in [1.54, 1.807) is 0 Å². The molecular weight excluding hydrogens is 377 g/mol. The van der Waals surface area contributed by atoms with Crippen molar-refractivity contribution in [3.8, 4) is 0 Å². The molecule has 0 saturated heterocycles. The highest BCUT2D eigenvalue weighted by Crippen LogP contribution is 2.31. The number of hydrogen-bond donors (Lipinski definition) is 1. The van der Waals surface area contributed by atoms with E-state index >= 15 is 0 Å². The fourth-order valence-corrected chi connectivity index (χ4v) is 2.89. The number of thiazole rings is 1. The highest BCUT2D eigenvalue weighted by atomic mass is 32.1. The number of methoxy groups -OCH3 is 1. The summed E-state index contributed by atoms with van der Waals surface area (Å²) in [5, 5.41) is 15.1. The van der Waals surface area contributed by atoms with Crippen LogP contribution in [-0.2, 0) is 17.3 Å². The maximum absolute atomic E-state index is 12.5. The first-order valence-electron chi connectivity index (χ1n) is 7.13. The molecule has 0 radical (unpaired) electrons. The number of alkyl halides is 3. The van der Waals surface area contributed by atoms with E-state index in [0.717, 1.165) is 23.8 Å². The number of aromatic nitrogens is 2. The van der Waals surface area contributed by atoms with Gasteiger partial charge in [0.1, 0.15) is 5.56 Å². The maximum atomic E-state index is 12.5. The first-order chi connectivity index (χ1) is 12.1. The summed E-state index contributed by atoms with van der Waals surface area (Å²) in [6.45, 7) is 1.58. The third-order valence-electron chi connectivity index (χ3n) is 3.18. The van der Waals surface area contributed by atoms with E-state index in [1.807, 2.05) is 0 Å². The Morgan fingerprint density at radius 1 is 1.42 bits per heavy atom. The van der Waals surface area contributed by atoms with Crippen molar-refractivity contribution in [1.29, 1.82) is 0 Å². The predicted octanol–water partition coefficient (Wildman–Crippen LogP) is 3.21. The summed E-state index contributed by atoms with van der Waals surface area (Å²) in [6.07, 6.45) is -4.42. The van der Waals surface area contributed by atoms with Crippen molar-refractivity contribution in [2.24, 2.45) is 0 Å². The molecule has 1 N–H and O–H groups in total. The van der Waals surface area contributed by atoms with E-state index < -0.39 is 28.5 Å². The Hall–Kier alpha value is -2.76. The van der Waals surface area contributed by atoms with E-state index in [-0.39, 0.29) is 29.4 Å². The lowest BCUT2D eigenvalue weighted by Crippen LogP contribution is -2.14. The van der Waals surface area contributed by atoms with Gasteiger partial charge in [0, 0.05) is 24.0 Å². The summed E-state index contributed by atoms with van der Waals surface area (Å²) in [5.41, 5.74) is -1.46. The van der Waals surface area contributed by atoms with Crippen LogP contribution in [0.2, 0.25) is 0 Å². The number of nitro groups is 1. The SMILES string of the molecule is COC(=O)c1cc(C)nc(NCCc2nc(C(F)(F)F)cs2)c1[N+](=O)[O-]. The lowest BCUT2D eigenvalue weighted by Gasteiger charge is -2.09. The van der Waals surface area contributed by atoms with Crippen LogP contribution in [0.4, 0.5) is 24.7 Å². The number of pyridine rings is 1. The van der Waals surface area contributed by atoms with Gasteiger partial charge in [-0.3, -0.25) is 10.1 Å². The Balaban J connectivity index is 2.19. The van der Waals surface area contributed by atoms with Crippen molar-refractivity contribution in [2.75, 3.05) is 19.0 Å². The number of nitrogens with one attached hydrogen (secondary N) is 1. The van der Waals surface area contributed by atoms with Crippen molar-refractivity contribution in [3.63, 3.8) is 0 Å². The number of ether oxygens (including phenoxy) is 1. The molecule has 0 aliphatic rings. The molecule has 0 bridgehead atoms. The van der Waals surface area contributed by atoms with Crippen LogP contribution in [0.5, 0.6) is 0 Å². The Bertz CT molecular complexity index is 838. The topological polar surface area (TPSA) is 107 Å². The maximum Gasteiger partial charge on any atom is 0.434 e. The van der Waals surface area contributed by atoms with E-state index in [0.29, 0.717) is 5.69 Å². The summed E-state index contributed by atoms with van der Waals surface area (Å²) >= 11 is 0.837. The van der Waals surface area contributed by atoms with Crippen molar-refractivity contribution >= 4 is 28.8 Å². The van der Waals surface area contributed by atoms with E-state index in [9.17, 15) is 28.1 Å². The summed E-state index contributed by atoms with van der Waals surface area (Å²) < 4.78 is 42.1. The molecule has 26 heavy (non-hydrogen) atoms. The number of carbonyl (C=O) groups is 1. The third-order valence-corrected chi connectivity index (χ3v) is 4.09. The molecule has 0 saturated carbocycles. The second kappa shape index (κ2) is 7.64. The minimum atomic E-state index is -4.52. The number of rotatable bonds is 6. The summed E-state index contributed by atoms with van der Waals surface area (Å²) in [5.74, 6) is -1.05. The summed E-state index contributed by atoms with van der Waals surface area (Å²) in [7, 11) is 1.09. The van der Waals surface area contributed by atoms with Gasteiger partial charge >= 0.3 is 17.8 Å². The van der Waals surface area contributed by atoms with Gasteiger partial charge in [-0.2, -0.15) is 13.2 Å². The van der Waals surface area contributed by atoms with Gasteiger partial charge in [0.05, 0.1) is 17.0 Å². The smallest absolute Gasteiger partial charge is 0.434 e. The zero-order valence-electron chi connectivity index (χ0n) is 13.6. The fourth-order valence-electron chi connectivity index (χ4n) is 2.08. The molecule has 8 nitrogen and oxygen atoms in total. The monoisotopic (exact) mass is 390 g/mol. The number of carbonyl (C=O) groups excluding carboxylic acids is 1. The highest BCUT2D eigenvalue weighted by Gasteiger charge is 2.33. The van der Waals surface area contributed by atoms with Crippen LogP contribution in [0.1, 0.15) is 26.8 Å². The normalized spacial score (nSPS) is 11.3. The zero-order valence-corrected chi connectivity index (χ0v) is 14.4. The molecule has 2 rings (SSSR count). The van der Waals surface area contributed by atoms with Crippen LogP contribution in [0.25, 0.3) is 0 Å². The average Bonchev–Trinajstić information content (AvgIpc) is 3.02.